The zero-order valence-corrected chi connectivity index (χ0v) is 25.8. The molecule has 3 aromatic carbocycles. The van der Waals surface area contributed by atoms with Gasteiger partial charge in [0.1, 0.15) is 16.5 Å². The van der Waals surface area contributed by atoms with Gasteiger partial charge in [0.05, 0.1) is 17.8 Å². The molecule has 0 amide bonds. The van der Waals surface area contributed by atoms with E-state index < -0.39 is 11.7 Å². The normalized spacial score (nSPS) is 12.5. The molecule has 3 aromatic heterocycles. The lowest BCUT2D eigenvalue weighted by Crippen LogP contribution is -2.29. The van der Waals surface area contributed by atoms with Crippen molar-refractivity contribution in [1.29, 1.82) is 0 Å². The lowest BCUT2D eigenvalue weighted by Gasteiger charge is -2.26. The van der Waals surface area contributed by atoms with Gasteiger partial charge in [0.2, 0.25) is 11.4 Å². The summed E-state index contributed by atoms with van der Waals surface area (Å²) in [6.07, 6.45) is 4.11. The molecule has 6 rings (SSSR count). The van der Waals surface area contributed by atoms with Crippen molar-refractivity contribution in [3.05, 3.63) is 146 Å². The fourth-order valence-electron chi connectivity index (χ4n) is 5.42. The van der Waals surface area contributed by atoms with Gasteiger partial charge in [-0.15, -0.1) is 11.3 Å². The number of nitrogens with zero attached hydrogens (tertiary/aromatic N) is 2. The third-order valence-electron chi connectivity index (χ3n) is 7.82. The van der Waals surface area contributed by atoms with Crippen LogP contribution in [0.15, 0.2) is 107 Å². The number of aromatic amines is 1. The minimum atomic E-state index is -1.50. The average Bonchev–Trinajstić information content (AvgIpc) is 3.76. The van der Waals surface area contributed by atoms with Crippen LogP contribution in [0.1, 0.15) is 44.3 Å². The highest BCUT2D eigenvalue weighted by molar-refractivity contribution is 7.11. The molecule has 0 aliphatic heterocycles. The van der Waals surface area contributed by atoms with Gasteiger partial charge < -0.3 is 35.4 Å². The van der Waals surface area contributed by atoms with Crippen molar-refractivity contribution in [1.82, 2.24) is 25.6 Å². The molecule has 6 aromatic rings. The Balaban J connectivity index is 0.966. The number of hydrogen-bond donors (Lipinski definition) is 6. The Morgan fingerprint density at radius 2 is 1.59 bits per heavy atom. The first-order valence-electron chi connectivity index (χ1n) is 15.1. The van der Waals surface area contributed by atoms with E-state index >= 15 is 0 Å². The SMILES string of the molecule is O=c1ccc2c(C(O)CNCCc3cnc(CNCCc4cnc(C(O)(c5ccccc5)c5ccccc5)o4)s3)ccc(O)c2[nH]1. The second-order valence-corrected chi connectivity index (χ2v) is 12.2. The third kappa shape index (κ3) is 6.94. The first kappa shape index (κ1) is 31.3. The Labute approximate surface area is 269 Å². The maximum Gasteiger partial charge on any atom is 0.248 e. The molecule has 0 saturated heterocycles. The van der Waals surface area contributed by atoms with Gasteiger partial charge in [-0.3, -0.25) is 4.79 Å². The molecule has 0 fully saturated rings. The van der Waals surface area contributed by atoms with Crippen LogP contribution in [-0.4, -0.2) is 49.9 Å². The number of oxazole rings is 1. The number of phenols is 1. The molecule has 0 aliphatic carbocycles. The van der Waals surface area contributed by atoms with E-state index in [1.165, 1.54) is 12.1 Å². The number of thiazole rings is 1. The van der Waals surface area contributed by atoms with E-state index in [9.17, 15) is 20.1 Å². The molecule has 0 bridgehead atoms. The lowest BCUT2D eigenvalue weighted by molar-refractivity contribution is 0.0913. The van der Waals surface area contributed by atoms with Gasteiger partial charge >= 0.3 is 0 Å². The zero-order valence-electron chi connectivity index (χ0n) is 25.0. The molecule has 0 saturated carbocycles. The first-order chi connectivity index (χ1) is 22.4. The smallest absolute Gasteiger partial charge is 0.248 e. The van der Waals surface area contributed by atoms with Crippen LogP contribution in [0.5, 0.6) is 5.75 Å². The van der Waals surface area contributed by atoms with E-state index in [2.05, 4.69) is 25.6 Å². The van der Waals surface area contributed by atoms with Gasteiger partial charge in [-0.2, -0.15) is 0 Å². The fraction of sp³-hybridized carbons (Fsp3) is 0.229. The largest absolute Gasteiger partial charge is 0.506 e. The quantitative estimate of drug-likeness (QED) is 0.0966. The first-order valence-corrected chi connectivity index (χ1v) is 15.9. The van der Waals surface area contributed by atoms with E-state index in [0.717, 1.165) is 16.3 Å². The number of hydrogen-bond acceptors (Lipinski definition) is 10. The molecule has 10 nitrogen and oxygen atoms in total. The predicted molar refractivity (Wildman–Crippen MR) is 177 cm³/mol. The summed E-state index contributed by atoms with van der Waals surface area (Å²) in [5.74, 6) is 0.877. The van der Waals surface area contributed by atoms with Gasteiger partial charge in [0, 0.05) is 55.1 Å². The number of benzene rings is 3. The highest BCUT2D eigenvalue weighted by atomic mass is 32.1. The van der Waals surface area contributed by atoms with Gasteiger partial charge in [-0.1, -0.05) is 66.7 Å². The number of aromatic nitrogens is 3. The number of aromatic hydroxyl groups is 1. The van der Waals surface area contributed by atoms with E-state index in [1.807, 2.05) is 66.9 Å². The third-order valence-corrected chi connectivity index (χ3v) is 8.88. The van der Waals surface area contributed by atoms with Crippen molar-refractivity contribution in [2.75, 3.05) is 19.6 Å². The van der Waals surface area contributed by atoms with Gasteiger partial charge in [-0.25, -0.2) is 9.97 Å². The number of aliphatic hydroxyl groups is 2. The van der Waals surface area contributed by atoms with Crippen LogP contribution < -0.4 is 16.2 Å². The summed E-state index contributed by atoms with van der Waals surface area (Å²) in [4.78, 5) is 24.4. The van der Waals surface area contributed by atoms with Crippen molar-refractivity contribution in [3.63, 3.8) is 0 Å². The summed E-state index contributed by atoms with van der Waals surface area (Å²) in [5, 5.41) is 41.0. The van der Waals surface area contributed by atoms with E-state index in [1.54, 1.807) is 29.7 Å². The summed E-state index contributed by atoms with van der Waals surface area (Å²) >= 11 is 1.64. The molecule has 0 spiro atoms. The van der Waals surface area contributed by atoms with Gasteiger partial charge in [0.25, 0.3) is 0 Å². The Kier molecular flexibility index (Phi) is 9.67. The monoisotopic (exact) mass is 637 g/mol. The minimum absolute atomic E-state index is 0.0327. The van der Waals surface area contributed by atoms with Crippen molar-refractivity contribution >= 4 is 22.2 Å². The molecular formula is C35H35N5O5S. The molecule has 11 heteroatoms. The predicted octanol–water partition coefficient (Wildman–Crippen LogP) is 4.16. The molecule has 236 valence electrons. The van der Waals surface area contributed by atoms with Crippen LogP contribution in [0.25, 0.3) is 10.9 Å². The number of rotatable bonds is 14. The van der Waals surface area contributed by atoms with Crippen molar-refractivity contribution in [2.24, 2.45) is 0 Å². The van der Waals surface area contributed by atoms with Crippen LogP contribution in [-0.2, 0) is 25.0 Å². The van der Waals surface area contributed by atoms with Crippen LogP contribution in [0.2, 0.25) is 0 Å². The number of fused-ring (bicyclic) bond motifs is 1. The van der Waals surface area contributed by atoms with E-state index in [-0.39, 0.29) is 17.2 Å². The van der Waals surface area contributed by atoms with E-state index in [0.29, 0.717) is 66.0 Å². The number of aliphatic hydroxyl groups excluding tert-OH is 1. The number of nitrogens with one attached hydrogen (secondary N) is 3. The Hall–Kier alpha value is -4.65. The fourth-order valence-corrected chi connectivity index (χ4v) is 6.32. The molecule has 6 N–H and O–H groups in total. The summed E-state index contributed by atoms with van der Waals surface area (Å²) in [5.41, 5.74) is 0.504. The number of H-pyrrole nitrogens is 1. The highest BCUT2D eigenvalue weighted by Crippen LogP contribution is 2.36. The molecule has 0 radical (unpaired) electrons. The summed E-state index contributed by atoms with van der Waals surface area (Å²) in [6, 6.07) is 24.9. The Morgan fingerprint density at radius 1 is 0.870 bits per heavy atom. The van der Waals surface area contributed by atoms with Crippen LogP contribution in [0.3, 0.4) is 0 Å². The van der Waals surface area contributed by atoms with E-state index in [4.69, 9.17) is 4.42 Å². The maximum absolute atomic E-state index is 11.9. The molecule has 3 heterocycles. The van der Waals surface area contributed by atoms with Crippen LogP contribution >= 0.6 is 11.3 Å². The topological polar surface area (TPSA) is 157 Å². The van der Waals surface area contributed by atoms with Gasteiger partial charge in [0.15, 0.2) is 5.60 Å². The molecular weight excluding hydrogens is 602 g/mol. The average molecular weight is 638 g/mol. The summed E-state index contributed by atoms with van der Waals surface area (Å²) < 4.78 is 6.08. The van der Waals surface area contributed by atoms with Crippen molar-refractivity contribution < 1.29 is 19.7 Å². The Bertz CT molecular complexity index is 1900. The maximum atomic E-state index is 11.9. The lowest BCUT2D eigenvalue weighted by atomic mass is 9.86. The summed E-state index contributed by atoms with van der Waals surface area (Å²) in [7, 11) is 0. The number of pyridine rings is 1. The highest BCUT2D eigenvalue weighted by Gasteiger charge is 2.38. The molecule has 0 aliphatic rings. The summed E-state index contributed by atoms with van der Waals surface area (Å²) in [6.45, 7) is 2.25. The van der Waals surface area contributed by atoms with Crippen LogP contribution in [0, 0.1) is 0 Å². The molecule has 46 heavy (non-hydrogen) atoms. The molecule has 1 atom stereocenters. The van der Waals surface area contributed by atoms with Crippen molar-refractivity contribution in [2.45, 2.75) is 31.1 Å². The Morgan fingerprint density at radius 3 is 2.33 bits per heavy atom. The van der Waals surface area contributed by atoms with Gasteiger partial charge in [-0.05, 0) is 35.2 Å². The second kappa shape index (κ2) is 14.2. The minimum Gasteiger partial charge on any atom is -0.506 e. The van der Waals surface area contributed by atoms with Crippen molar-refractivity contribution in [3.8, 4) is 5.75 Å². The standard InChI is InChI=1S/C35H35N5O5S/c41-29-13-11-27(28-12-14-31(43)40-33(28)29)30(42)21-36-18-16-26-20-38-32(46-26)22-37-17-15-25-19-39-34(45-25)35(44,23-7-3-1-4-8-23)24-9-5-2-6-10-24/h1-14,19-20,30,36-37,41-42,44H,15-18,21-22H2,(H,40,43). The zero-order chi connectivity index (χ0) is 31.9. The second-order valence-electron chi connectivity index (χ2n) is 11.0. The molecule has 1 unspecified atom stereocenters. The number of phenolic OH excluding ortho intramolecular Hbond substituents is 1. The van der Waals surface area contributed by atoms with Crippen LogP contribution in [0.4, 0.5) is 0 Å².